The van der Waals surface area contributed by atoms with Crippen LogP contribution in [0, 0.1) is 0 Å². The van der Waals surface area contributed by atoms with Crippen molar-refractivity contribution in [3.63, 3.8) is 0 Å². The third-order valence-corrected chi connectivity index (χ3v) is 8.08. The Morgan fingerprint density at radius 1 is 0.318 bits per heavy atom. The molecule has 7 aromatic carbocycles. The van der Waals surface area contributed by atoms with Crippen molar-refractivity contribution in [1.82, 2.24) is 0 Å². The summed E-state index contributed by atoms with van der Waals surface area (Å²) in [5.74, 6) is 0. The first-order valence-electron chi connectivity index (χ1n) is 14.9. The van der Waals surface area contributed by atoms with E-state index in [1.54, 1.807) is 0 Å². The number of hydrogen-bond donors (Lipinski definition) is 2. The number of benzene rings is 7. The summed E-state index contributed by atoms with van der Waals surface area (Å²) >= 11 is 0. The van der Waals surface area contributed by atoms with Crippen molar-refractivity contribution in [3.05, 3.63) is 176 Å². The van der Waals surface area contributed by atoms with Gasteiger partial charge in [0.2, 0.25) is 0 Å². The monoisotopic (exact) mass is 564 g/mol. The second-order valence-corrected chi connectivity index (χ2v) is 10.9. The fraction of sp³-hybridized carbons (Fsp3) is 0. The molecule has 2 nitrogen and oxygen atoms in total. The molecule has 0 atom stereocenters. The lowest BCUT2D eigenvalue weighted by Crippen LogP contribution is -1.95. The normalized spacial score (nSPS) is 10.8. The van der Waals surface area contributed by atoms with Gasteiger partial charge in [-0.3, -0.25) is 0 Å². The standard InChI is InChI=1S/C42H32N2/c43-40-16-9-15-39(42(40)36-24-20-33(21-25-36)31-12-5-2-6-13-31)35-26-28-37(29-27-35)44-41-17-8-7-14-38(41)34-22-18-32(19-23-34)30-10-3-1-4-11-30/h1-29,44H,43H2. The molecule has 0 unspecified atom stereocenters. The lowest BCUT2D eigenvalue weighted by molar-refractivity contribution is 1.52. The van der Waals surface area contributed by atoms with Crippen LogP contribution < -0.4 is 11.1 Å². The van der Waals surface area contributed by atoms with Gasteiger partial charge in [-0.05, 0) is 68.8 Å². The van der Waals surface area contributed by atoms with E-state index in [-0.39, 0.29) is 0 Å². The fourth-order valence-corrected chi connectivity index (χ4v) is 5.80. The summed E-state index contributed by atoms with van der Waals surface area (Å²) in [5.41, 5.74) is 21.0. The molecule has 210 valence electrons. The molecule has 0 aliphatic carbocycles. The zero-order valence-electron chi connectivity index (χ0n) is 24.3. The molecular formula is C42H32N2. The minimum atomic E-state index is 0.768. The van der Waals surface area contributed by atoms with Crippen LogP contribution in [0.2, 0.25) is 0 Å². The Bertz CT molecular complexity index is 1990. The van der Waals surface area contributed by atoms with Gasteiger partial charge in [-0.25, -0.2) is 0 Å². The molecule has 44 heavy (non-hydrogen) atoms. The van der Waals surface area contributed by atoms with Gasteiger partial charge >= 0.3 is 0 Å². The molecule has 3 N–H and O–H groups in total. The Morgan fingerprint density at radius 2 is 0.750 bits per heavy atom. The van der Waals surface area contributed by atoms with Crippen LogP contribution in [0.25, 0.3) is 55.6 Å². The molecule has 0 amide bonds. The molecule has 0 saturated heterocycles. The largest absolute Gasteiger partial charge is 0.398 e. The van der Waals surface area contributed by atoms with Crippen molar-refractivity contribution in [2.24, 2.45) is 0 Å². The molecule has 0 aliphatic heterocycles. The Balaban J connectivity index is 1.14. The number of nitrogens with two attached hydrogens (primary N) is 1. The summed E-state index contributed by atoms with van der Waals surface area (Å²) in [4.78, 5) is 0. The van der Waals surface area contributed by atoms with E-state index in [0.717, 1.165) is 44.9 Å². The number of anilines is 3. The predicted octanol–water partition coefficient (Wildman–Crippen LogP) is 11.3. The number of nitrogens with one attached hydrogen (secondary N) is 1. The lowest BCUT2D eigenvalue weighted by Gasteiger charge is -2.16. The maximum absolute atomic E-state index is 6.57. The zero-order chi connectivity index (χ0) is 29.7. The van der Waals surface area contributed by atoms with Gasteiger partial charge < -0.3 is 11.1 Å². The van der Waals surface area contributed by atoms with Crippen molar-refractivity contribution < 1.29 is 0 Å². The number of rotatable bonds is 7. The van der Waals surface area contributed by atoms with Gasteiger partial charge in [-0.1, -0.05) is 152 Å². The highest BCUT2D eigenvalue weighted by molar-refractivity contribution is 5.92. The summed E-state index contributed by atoms with van der Waals surface area (Å²) < 4.78 is 0. The number of nitrogen functional groups attached to an aromatic ring is 1. The average molecular weight is 565 g/mol. The Labute approximate surface area is 259 Å². The molecule has 0 fully saturated rings. The van der Waals surface area contributed by atoms with Gasteiger partial charge in [0.05, 0.1) is 0 Å². The van der Waals surface area contributed by atoms with Gasteiger partial charge in [0.15, 0.2) is 0 Å². The third-order valence-electron chi connectivity index (χ3n) is 8.08. The second-order valence-electron chi connectivity index (χ2n) is 10.9. The smallest absolute Gasteiger partial charge is 0.0463 e. The van der Waals surface area contributed by atoms with Gasteiger partial charge in [0, 0.05) is 28.2 Å². The second kappa shape index (κ2) is 12.2. The van der Waals surface area contributed by atoms with Crippen LogP contribution in [0.3, 0.4) is 0 Å². The fourth-order valence-electron chi connectivity index (χ4n) is 5.80. The molecular weight excluding hydrogens is 532 g/mol. The van der Waals surface area contributed by atoms with Crippen LogP contribution >= 0.6 is 0 Å². The van der Waals surface area contributed by atoms with E-state index in [0.29, 0.717) is 0 Å². The van der Waals surface area contributed by atoms with Gasteiger partial charge in [0.25, 0.3) is 0 Å². The highest BCUT2D eigenvalue weighted by Crippen LogP contribution is 2.38. The van der Waals surface area contributed by atoms with Crippen LogP contribution in [0.1, 0.15) is 0 Å². The number of hydrogen-bond acceptors (Lipinski definition) is 2. The van der Waals surface area contributed by atoms with Crippen molar-refractivity contribution in [2.45, 2.75) is 0 Å². The van der Waals surface area contributed by atoms with E-state index < -0.39 is 0 Å². The highest BCUT2D eigenvalue weighted by atomic mass is 14.9. The molecule has 0 bridgehead atoms. The molecule has 0 heterocycles. The van der Waals surface area contributed by atoms with Crippen LogP contribution in [0.5, 0.6) is 0 Å². The van der Waals surface area contributed by atoms with E-state index in [4.69, 9.17) is 5.73 Å². The van der Waals surface area contributed by atoms with Gasteiger partial charge in [-0.15, -0.1) is 0 Å². The molecule has 0 saturated carbocycles. The zero-order valence-corrected chi connectivity index (χ0v) is 24.3. The summed E-state index contributed by atoms with van der Waals surface area (Å²) in [7, 11) is 0. The topological polar surface area (TPSA) is 38.0 Å². The molecule has 0 aliphatic rings. The quantitative estimate of drug-likeness (QED) is 0.189. The van der Waals surface area contributed by atoms with Crippen molar-refractivity contribution in [1.29, 1.82) is 0 Å². The summed E-state index contributed by atoms with van der Waals surface area (Å²) in [6.07, 6.45) is 0. The lowest BCUT2D eigenvalue weighted by atomic mass is 9.92. The van der Waals surface area contributed by atoms with Crippen LogP contribution in [-0.4, -0.2) is 0 Å². The van der Waals surface area contributed by atoms with Crippen molar-refractivity contribution >= 4 is 17.1 Å². The average Bonchev–Trinajstić information content (AvgIpc) is 3.10. The minimum Gasteiger partial charge on any atom is -0.398 e. The molecule has 0 spiro atoms. The van der Waals surface area contributed by atoms with Crippen LogP contribution in [0.4, 0.5) is 17.1 Å². The van der Waals surface area contributed by atoms with Crippen LogP contribution in [-0.2, 0) is 0 Å². The minimum absolute atomic E-state index is 0.768. The predicted molar refractivity (Wildman–Crippen MR) is 188 cm³/mol. The molecule has 7 rings (SSSR count). The molecule has 7 aromatic rings. The first-order valence-corrected chi connectivity index (χ1v) is 14.9. The maximum atomic E-state index is 6.57. The molecule has 0 aromatic heterocycles. The molecule has 2 heteroatoms. The van der Waals surface area contributed by atoms with Crippen molar-refractivity contribution in [2.75, 3.05) is 11.1 Å². The van der Waals surface area contributed by atoms with E-state index in [2.05, 4.69) is 157 Å². The number of para-hydroxylation sites is 1. The van der Waals surface area contributed by atoms with Crippen molar-refractivity contribution in [3.8, 4) is 55.6 Å². The van der Waals surface area contributed by atoms with E-state index in [9.17, 15) is 0 Å². The molecule has 0 radical (unpaired) electrons. The van der Waals surface area contributed by atoms with Crippen LogP contribution in [0.15, 0.2) is 176 Å². The maximum Gasteiger partial charge on any atom is 0.0463 e. The summed E-state index contributed by atoms with van der Waals surface area (Å²) in [5, 5.41) is 3.65. The highest BCUT2D eigenvalue weighted by Gasteiger charge is 2.12. The summed E-state index contributed by atoms with van der Waals surface area (Å²) in [6.45, 7) is 0. The SMILES string of the molecule is Nc1cccc(-c2ccc(Nc3ccccc3-c3ccc(-c4ccccc4)cc3)cc2)c1-c1ccc(-c2ccccc2)cc1. The Kier molecular flexibility index (Phi) is 7.47. The first-order chi connectivity index (χ1) is 21.7. The summed E-state index contributed by atoms with van der Waals surface area (Å²) in [6, 6.07) is 61.5. The van der Waals surface area contributed by atoms with E-state index in [1.165, 1.54) is 27.8 Å². The van der Waals surface area contributed by atoms with Gasteiger partial charge in [-0.2, -0.15) is 0 Å². The van der Waals surface area contributed by atoms with E-state index in [1.807, 2.05) is 24.3 Å². The third kappa shape index (κ3) is 5.62. The van der Waals surface area contributed by atoms with E-state index >= 15 is 0 Å². The first kappa shape index (κ1) is 27.0. The Hall–Kier alpha value is -5.86. The Morgan fingerprint density at radius 3 is 1.36 bits per heavy atom. The van der Waals surface area contributed by atoms with Gasteiger partial charge in [0.1, 0.15) is 0 Å².